The molecular weight excluding hydrogens is 884 g/mol. The van der Waals surface area contributed by atoms with E-state index in [1.165, 1.54) is 159 Å². The summed E-state index contributed by atoms with van der Waals surface area (Å²) in [5, 5.41) is 12.9. The van der Waals surface area contributed by atoms with Gasteiger partial charge in [0, 0.05) is 87.5 Å². The number of hydrogen-bond donors (Lipinski definition) is 0. The highest BCUT2D eigenvalue weighted by atomic mass is 15.2. The zero-order valence-electron chi connectivity index (χ0n) is 41.8. The molecule has 7 heterocycles. The summed E-state index contributed by atoms with van der Waals surface area (Å²) in [5.74, 6) is 0. The molecule has 344 valence electrons. The molecule has 0 bridgehead atoms. The molecule has 5 heteroatoms. The third-order valence-corrected chi connectivity index (χ3v) is 17.3. The second-order valence-electron chi connectivity index (χ2n) is 23.3. The van der Waals surface area contributed by atoms with Gasteiger partial charge in [-0.3, -0.25) is 0 Å². The molecule has 10 aromatic carbocycles. The van der Waals surface area contributed by atoms with Crippen molar-refractivity contribution < 1.29 is 0 Å². The minimum absolute atomic E-state index is 0.0231. The van der Waals surface area contributed by atoms with Crippen LogP contribution in [0.4, 0.5) is 17.1 Å². The smallest absolute Gasteiger partial charge is 0.333 e. The molecule has 0 spiro atoms. The van der Waals surface area contributed by atoms with Crippen LogP contribution in [0.1, 0.15) is 52.7 Å². The Bertz CT molecular complexity index is 4850. The Kier molecular flexibility index (Phi) is 7.30. The van der Waals surface area contributed by atoms with Gasteiger partial charge in [-0.25, -0.2) is 0 Å². The van der Waals surface area contributed by atoms with Crippen molar-refractivity contribution >= 4 is 133 Å². The first-order valence-electron chi connectivity index (χ1n) is 26.1. The summed E-state index contributed by atoms with van der Waals surface area (Å²) in [5.41, 5.74) is 24.2. The number of benzene rings is 10. The topological polar surface area (TPSA) is 17.0 Å². The van der Waals surface area contributed by atoms with Crippen molar-refractivity contribution in [2.24, 2.45) is 0 Å². The number of nitrogens with zero attached hydrogens (tertiary/aromatic N) is 4. The number of hydrogen-bond acceptors (Lipinski definition) is 1. The Hall–Kier alpha value is -8.54. The SMILES string of the molecule is CC(C)(C)c1ccc2c(c1)c1cc(C(C)(C)C)cc3c1n2B1c2c(ccc(-c4ccccc4)c2-3)N(c2cc3c4ccccc4n4c5ccccc5c(c2)c34)c2cc3c4ccccc4n4c5ccccc5c(c21)c34. The first-order valence-corrected chi connectivity index (χ1v) is 26.1. The Morgan fingerprint density at radius 2 is 0.890 bits per heavy atom. The van der Waals surface area contributed by atoms with Crippen molar-refractivity contribution in [3.05, 3.63) is 199 Å². The maximum Gasteiger partial charge on any atom is 0.333 e. The standard InChI is InChI=1S/C68H49BN4/c1-67(2,3)39-28-30-57-47(32-39)48-33-40(68(4,5)6)34-52-60-42(38-18-8-7-9-19-38)29-31-58-62(60)69(73(57)65(48)52)63-59(37-51-45-22-12-16-26-55(45)72-56-27-17-13-23-46(56)61(63)66(51)72)70(58)41-35-49-43-20-10-14-24-53(43)71-54-25-15-11-21-44(54)50(36-41)64(49)71/h7-37H,1-6H3. The van der Waals surface area contributed by atoms with E-state index in [1.807, 2.05) is 0 Å². The monoisotopic (exact) mass is 932 g/mol. The highest BCUT2D eigenvalue weighted by Gasteiger charge is 2.46. The zero-order chi connectivity index (χ0) is 48.6. The lowest BCUT2D eigenvalue weighted by atomic mass is 9.44. The van der Waals surface area contributed by atoms with Crippen molar-refractivity contribution in [2.75, 3.05) is 4.90 Å². The number of anilines is 3. The predicted molar refractivity (Wildman–Crippen MR) is 312 cm³/mol. The van der Waals surface area contributed by atoms with E-state index in [0.29, 0.717) is 0 Å². The molecule has 0 aliphatic carbocycles. The molecule has 0 saturated heterocycles. The van der Waals surface area contributed by atoms with E-state index >= 15 is 0 Å². The molecule has 2 aliphatic heterocycles. The van der Waals surface area contributed by atoms with Gasteiger partial charge in [-0.05, 0) is 122 Å². The van der Waals surface area contributed by atoms with E-state index < -0.39 is 0 Å². The van der Waals surface area contributed by atoms with Crippen molar-refractivity contribution in [1.29, 1.82) is 0 Å². The Morgan fingerprint density at radius 1 is 0.356 bits per heavy atom. The summed E-state index contributed by atoms with van der Waals surface area (Å²) < 4.78 is 7.86. The van der Waals surface area contributed by atoms with Crippen LogP contribution in [0, 0.1) is 0 Å². The van der Waals surface area contributed by atoms with Crippen LogP contribution < -0.4 is 15.8 Å². The summed E-state index contributed by atoms with van der Waals surface area (Å²) in [6, 6.07) is 72.4. The molecule has 73 heavy (non-hydrogen) atoms. The maximum absolute atomic E-state index is 2.79. The van der Waals surface area contributed by atoms with Gasteiger partial charge in [0.2, 0.25) is 0 Å². The fourth-order valence-corrected chi connectivity index (χ4v) is 14.1. The second kappa shape index (κ2) is 13.3. The highest BCUT2D eigenvalue weighted by molar-refractivity contribution is 6.92. The Balaban J connectivity index is 1.12. The molecule has 4 nitrogen and oxygen atoms in total. The molecular formula is C68H49BN4. The summed E-state index contributed by atoms with van der Waals surface area (Å²) in [7, 11) is 0. The van der Waals surface area contributed by atoms with Crippen LogP contribution >= 0.6 is 0 Å². The van der Waals surface area contributed by atoms with Crippen molar-refractivity contribution in [1.82, 2.24) is 13.3 Å². The highest BCUT2D eigenvalue weighted by Crippen LogP contribution is 2.53. The number of para-hydroxylation sites is 4. The van der Waals surface area contributed by atoms with E-state index in [2.05, 4.69) is 248 Å². The van der Waals surface area contributed by atoms with Gasteiger partial charge in [-0.2, -0.15) is 0 Å². The molecule has 5 aromatic heterocycles. The average molecular weight is 933 g/mol. The van der Waals surface area contributed by atoms with Crippen molar-refractivity contribution in [2.45, 2.75) is 52.4 Å². The van der Waals surface area contributed by atoms with E-state index in [0.717, 1.165) is 0 Å². The van der Waals surface area contributed by atoms with Gasteiger partial charge in [-0.1, -0.05) is 157 Å². The van der Waals surface area contributed by atoms with Crippen molar-refractivity contribution in [3.8, 4) is 22.3 Å². The quantitative estimate of drug-likeness (QED) is 0.158. The Labute approximate surface area is 422 Å². The van der Waals surface area contributed by atoms with Gasteiger partial charge in [0.1, 0.15) is 0 Å². The molecule has 0 unspecified atom stereocenters. The normalized spacial score (nSPS) is 13.8. The van der Waals surface area contributed by atoms with Crippen LogP contribution in [-0.4, -0.2) is 20.1 Å². The lowest BCUT2D eigenvalue weighted by Crippen LogP contribution is -2.57. The first-order chi connectivity index (χ1) is 35.5. The van der Waals surface area contributed by atoms with Gasteiger partial charge in [-0.15, -0.1) is 0 Å². The van der Waals surface area contributed by atoms with E-state index in [9.17, 15) is 0 Å². The summed E-state index contributed by atoms with van der Waals surface area (Å²) >= 11 is 0. The average Bonchev–Trinajstić information content (AvgIpc) is 4.20. The van der Waals surface area contributed by atoms with E-state index in [1.54, 1.807) is 0 Å². The molecule has 0 saturated carbocycles. The zero-order valence-corrected chi connectivity index (χ0v) is 41.8. The van der Waals surface area contributed by atoms with Crippen molar-refractivity contribution in [3.63, 3.8) is 0 Å². The van der Waals surface area contributed by atoms with Gasteiger partial charge in [0.05, 0.1) is 33.1 Å². The molecule has 0 amide bonds. The predicted octanol–water partition coefficient (Wildman–Crippen LogP) is 16.8. The van der Waals surface area contributed by atoms with Gasteiger partial charge >= 0.3 is 6.85 Å². The van der Waals surface area contributed by atoms with E-state index in [-0.39, 0.29) is 17.7 Å². The molecule has 0 N–H and O–H groups in total. The number of fused-ring (bicyclic) bond motifs is 20. The largest absolute Gasteiger partial charge is 0.375 e. The molecule has 17 rings (SSSR count). The molecule has 0 radical (unpaired) electrons. The van der Waals surface area contributed by atoms with Crippen LogP contribution in [0.25, 0.3) is 120 Å². The van der Waals surface area contributed by atoms with Crippen LogP contribution in [0.5, 0.6) is 0 Å². The second-order valence-corrected chi connectivity index (χ2v) is 23.3. The molecule has 15 aromatic rings. The number of aromatic nitrogens is 3. The summed E-state index contributed by atoms with van der Waals surface area (Å²) in [4.78, 5) is 2.69. The minimum atomic E-state index is -0.160. The molecule has 0 fully saturated rings. The Morgan fingerprint density at radius 3 is 1.52 bits per heavy atom. The van der Waals surface area contributed by atoms with Crippen LogP contribution in [-0.2, 0) is 10.8 Å². The lowest BCUT2D eigenvalue weighted by molar-refractivity contribution is 0.590. The number of rotatable bonds is 2. The van der Waals surface area contributed by atoms with E-state index in [4.69, 9.17) is 0 Å². The van der Waals surface area contributed by atoms with Crippen LogP contribution in [0.3, 0.4) is 0 Å². The first kappa shape index (κ1) is 40.1. The molecule has 0 atom stereocenters. The fourth-order valence-electron chi connectivity index (χ4n) is 14.1. The third kappa shape index (κ3) is 4.89. The summed E-state index contributed by atoms with van der Waals surface area (Å²) in [6.07, 6.45) is 0. The lowest BCUT2D eigenvalue weighted by Gasteiger charge is -2.42. The third-order valence-electron chi connectivity index (χ3n) is 17.3. The van der Waals surface area contributed by atoms with Crippen LogP contribution in [0.2, 0.25) is 0 Å². The van der Waals surface area contributed by atoms with Gasteiger partial charge in [0.15, 0.2) is 0 Å². The summed E-state index contributed by atoms with van der Waals surface area (Å²) in [6.45, 7) is 14.0. The maximum atomic E-state index is 2.79. The van der Waals surface area contributed by atoms with Gasteiger partial charge < -0.3 is 18.2 Å². The van der Waals surface area contributed by atoms with Crippen LogP contribution in [0.15, 0.2) is 188 Å². The molecule has 2 aliphatic rings. The fraction of sp³-hybridized carbons (Fsp3) is 0.118. The minimum Gasteiger partial charge on any atom is -0.375 e. The van der Waals surface area contributed by atoms with Gasteiger partial charge in [0.25, 0.3) is 0 Å².